The van der Waals surface area contributed by atoms with E-state index in [0.717, 1.165) is 10.8 Å². The minimum atomic E-state index is -1.14. The van der Waals surface area contributed by atoms with Gasteiger partial charge in [-0.15, -0.1) is 0 Å². The number of ether oxygens (including phenoxy) is 2. The van der Waals surface area contributed by atoms with E-state index in [1.165, 1.54) is 0 Å². The highest BCUT2D eigenvalue weighted by Crippen LogP contribution is 2.26. The van der Waals surface area contributed by atoms with Crippen LogP contribution in [0, 0.1) is 0 Å². The summed E-state index contributed by atoms with van der Waals surface area (Å²) in [7, 11) is 0. The molecule has 0 radical (unpaired) electrons. The monoisotopic (exact) mass is 290 g/mol. The Balaban J connectivity index is 1.79. The van der Waals surface area contributed by atoms with Gasteiger partial charge in [0, 0.05) is 6.42 Å². The molecule has 2 aromatic carbocycles. The van der Waals surface area contributed by atoms with Crippen LogP contribution >= 0.6 is 0 Å². The van der Waals surface area contributed by atoms with E-state index >= 15 is 0 Å². The van der Waals surface area contributed by atoms with Gasteiger partial charge in [-0.1, -0.05) is 30.3 Å². The summed E-state index contributed by atoms with van der Waals surface area (Å²) in [5, 5.41) is 31.0. The van der Waals surface area contributed by atoms with Gasteiger partial charge in [-0.25, -0.2) is 0 Å². The molecule has 0 unspecified atom stereocenters. The summed E-state index contributed by atoms with van der Waals surface area (Å²) in [6, 6.07) is 13.4. The van der Waals surface area contributed by atoms with Gasteiger partial charge in [-0.05, 0) is 22.9 Å². The summed E-state index contributed by atoms with van der Waals surface area (Å²) in [4.78, 5) is 0. The lowest BCUT2D eigenvalue weighted by atomic mass is 10.0. The third-order valence-corrected chi connectivity index (χ3v) is 3.68. The van der Waals surface area contributed by atoms with Gasteiger partial charge in [0.05, 0.1) is 18.8 Å². The molecule has 5 heteroatoms. The maximum atomic E-state index is 9.94. The smallest absolute Gasteiger partial charge is 0.229 e. The Morgan fingerprint density at radius 2 is 1.86 bits per heavy atom. The molecule has 112 valence electrons. The fraction of sp³-hybridized carbons (Fsp3) is 0.375. The van der Waals surface area contributed by atoms with Crippen molar-refractivity contribution in [2.75, 3.05) is 6.61 Å². The van der Waals surface area contributed by atoms with Crippen molar-refractivity contribution < 1.29 is 24.8 Å². The molecule has 0 amide bonds. The van der Waals surface area contributed by atoms with Gasteiger partial charge in [0.15, 0.2) is 0 Å². The number of benzene rings is 2. The molecular weight excluding hydrogens is 272 g/mol. The van der Waals surface area contributed by atoms with E-state index in [4.69, 9.17) is 14.6 Å². The molecule has 0 bridgehead atoms. The molecule has 4 atom stereocenters. The van der Waals surface area contributed by atoms with Crippen LogP contribution in [0.3, 0.4) is 0 Å². The SMILES string of the molecule is OC[C@H]1C[C@H](O)[C@H](O)[C@@H](Oc2ccc3ccccc3c2)O1. The average molecular weight is 290 g/mol. The number of aliphatic hydroxyl groups is 3. The van der Waals surface area contributed by atoms with Gasteiger partial charge in [0.25, 0.3) is 0 Å². The molecule has 3 rings (SSSR count). The van der Waals surface area contributed by atoms with Crippen molar-refractivity contribution in [2.24, 2.45) is 0 Å². The first kappa shape index (κ1) is 14.3. The molecule has 0 saturated carbocycles. The van der Waals surface area contributed by atoms with E-state index in [-0.39, 0.29) is 13.0 Å². The van der Waals surface area contributed by atoms with Gasteiger partial charge in [0.2, 0.25) is 6.29 Å². The largest absolute Gasteiger partial charge is 0.462 e. The summed E-state index contributed by atoms with van der Waals surface area (Å²) in [6.45, 7) is -0.221. The van der Waals surface area contributed by atoms with Crippen molar-refractivity contribution in [3.63, 3.8) is 0 Å². The van der Waals surface area contributed by atoms with E-state index in [1.54, 1.807) is 6.07 Å². The zero-order valence-electron chi connectivity index (χ0n) is 11.4. The van der Waals surface area contributed by atoms with Gasteiger partial charge in [0.1, 0.15) is 11.9 Å². The van der Waals surface area contributed by atoms with Crippen molar-refractivity contribution in [1.29, 1.82) is 0 Å². The van der Waals surface area contributed by atoms with Crippen LogP contribution in [0.4, 0.5) is 0 Å². The second-order valence-electron chi connectivity index (χ2n) is 5.23. The van der Waals surface area contributed by atoms with Crippen LogP contribution in [-0.4, -0.2) is 46.5 Å². The van der Waals surface area contributed by atoms with E-state index in [1.807, 2.05) is 36.4 Å². The molecule has 3 N–H and O–H groups in total. The minimum Gasteiger partial charge on any atom is -0.462 e. The fourth-order valence-corrected chi connectivity index (χ4v) is 2.51. The molecule has 0 aromatic heterocycles. The second-order valence-corrected chi connectivity index (χ2v) is 5.23. The van der Waals surface area contributed by atoms with E-state index < -0.39 is 24.6 Å². The first-order valence-corrected chi connectivity index (χ1v) is 6.95. The predicted octanol–water partition coefficient (Wildman–Crippen LogP) is 1.05. The van der Waals surface area contributed by atoms with Crippen LogP contribution in [0.25, 0.3) is 10.8 Å². The first-order valence-electron chi connectivity index (χ1n) is 6.95. The second kappa shape index (κ2) is 5.99. The maximum absolute atomic E-state index is 9.94. The normalized spacial score (nSPS) is 29.5. The summed E-state index contributed by atoms with van der Waals surface area (Å²) >= 11 is 0. The van der Waals surface area contributed by atoms with Gasteiger partial charge in [-0.2, -0.15) is 0 Å². The Bertz CT molecular complexity index is 614. The average Bonchev–Trinajstić information content (AvgIpc) is 2.51. The van der Waals surface area contributed by atoms with Crippen molar-refractivity contribution >= 4 is 10.8 Å². The lowest BCUT2D eigenvalue weighted by molar-refractivity contribution is -0.240. The van der Waals surface area contributed by atoms with E-state index in [9.17, 15) is 10.2 Å². The fourth-order valence-electron chi connectivity index (χ4n) is 2.51. The molecular formula is C16H18O5. The van der Waals surface area contributed by atoms with Crippen molar-refractivity contribution in [3.8, 4) is 5.75 Å². The number of aliphatic hydroxyl groups excluding tert-OH is 3. The maximum Gasteiger partial charge on any atom is 0.229 e. The third kappa shape index (κ3) is 3.01. The molecule has 1 heterocycles. The Morgan fingerprint density at radius 3 is 2.62 bits per heavy atom. The Labute approximate surface area is 122 Å². The summed E-state index contributed by atoms with van der Waals surface area (Å²) in [5.41, 5.74) is 0. The van der Waals surface area contributed by atoms with Crippen LogP contribution in [0.2, 0.25) is 0 Å². The van der Waals surface area contributed by atoms with E-state index in [0.29, 0.717) is 5.75 Å². The lowest BCUT2D eigenvalue weighted by Crippen LogP contribution is -2.51. The molecule has 2 aromatic rings. The molecule has 1 aliphatic heterocycles. The highest BCUT2D eigenvalue weighted by atomic mass is 16.7. The first-order chi connectivity index (χ1) is 10.2. The number of hydrogen-bond acceptors (Lipinski definition) is 5. The molecule has 1 fully saturated rings. The van der Waals surface area contributed by atoms with Crippen LogP contribution in [0.15, 0.2) is 42.5 Å². The highest BCUT2D eigenvalue weighted by Gasteiger charge is 2.38. The summed E-state index contributed by atoms with van der Waals surface area (Å²) in [5.74, 6) is 0.545. The third-order valence-electron chi connectivity index (χ3n) is 3.68. The van der Waals surface area contributed by atoms with E-state index in [2.05, 4.69) is 0 Å². The Hall–Kier alpha value is -1.66. The predicted molar refractivity (Wildman–Crippen MR) is 77.0 cm³/mol. The quantitative estimate of drug-likeness (QED) is 0.787. The van der Waals surface area contributed by atoms with Crippen LogP contribution < -0.4 is 4.74 Å². The summed E-state index contributed by atoms with van der Waals surface area (Å²) < 4.78 is 11.1. The number of hydrogen-bond donors (Lipinski definition) is 3. The van der Waals surface area contributed by atoms with Crippen LogP contribution in [0.5, 0.6) is 5.75 Å². The van der Waals surface area contributed by atoms with Crippen LogP contribution in [0.1, 0.15) is 6.42 Å². The number of rotatable bonds is 3. The molecule has 1 saturated heterocycles. The molecule has 0 aliphatic carbocycles. The lowest BCUT2D eigenvalue weighted by Gasteiger charge is -2.36. The Morgan fingerprint density at radius 1 is 1.10 bits per heavy atom. The van der Waals surface area contributed by atoms with Crippen LogP contribution in [-0.2, 0) is 4.74 Å². The van der Waals surface area contributed by atoms with Crippen molar-refractivity contribution in [1.82, 2.24) is 0 Å². The molecule has 1 aliphatic rings. The molecule has 5 nitrogen and oxygen atoms in total. The minimum absolute atomic E-state index is 0.190. The van der Waals surface area contributed by atoms with Gasteiger partial charge >= 0.3 is 0 Å². The van der Waals surface area contributed by atoms with Crippen molar-refractivity contribution in [2.45, 2.75) is 31.0 Å². The van der Waals surface area contributed by atoms with Gasteiger partial charge < -0.3 is 24.8 Å². The zero-order chi connectivity index (χ0) is 14.8. The molecule has 0 spiro atoms. The summed E-state index contributed by atoms with van der Waals surface area (Å²) in [6.07, 6.45) is -3.45. The topological polar surface area (TPSA) is 79.2 Å². The Kier molecular flexibility index (Phi) is 4.07. The highest BCUT2D eigenvalue weighted by molar-refractivity contribution is 5.83. The van der Waals surface area contributed by atoms with Gasteiger partial charge in [-0.3, -0.25) is 0 Å². The number of fused-ring (bicyclic) bond motifs is 1. The van der Waals surface area contributed by atoms with Crippen molar-refractivity contribution in [3.05, 3.63) is 42.5 Å². The standard InChI is InChI=1S/C16H18O5/c17-9-13-8-14(18)15(19)16(21-13)20-12-6-5-10-3-1-2-4-11(10)7-12/h1-7,13-19H,8-9H2/t13-,14+,15+,16+/m1/s1. The zero-order valence-corrected chi connectivity index (χ0v) is 11.4. The molecule has 21 heavy (non-hydrogen) atoms.